The highest BCUT2D eigenvalue weighted by Crippen LogP contribution is 2.32. The molecule has 2 aromatic heterocycles. The highest BCUT2D eigenvalue weighted by molar-refractivity contribution is 5.94. The molecule has 0 spiro atoms. The maximum absolute atomic E-state index is 14.1. The van der Waals surface area contributed by atoms with Crippen molar-refractivity contribution in [3.05, 3.63) is 72.2 Å². The third-order valence-electron chi connectivity index (χ3n) is 4.85. The Hall–Kier alpha value is -3.09. The lowest BCUT2D eigenvalue weighted by Crippen LogP contribution is -2.32. The number of hydrogen-bond donors (Lipinski definition) is 0. The number of pyridine rings is 1. The van der Waals surface area contributed by atoms with E-state index < -0.39 is 17.5 Å². The van der Waals surface area contributed by atoms with E-state index >= 15 is 0 Å². The first kappa shape index (κ1) is 18.3. The summed E-state index contributed by atoms with van der Waals surface area (Å²) in [6.45, 7) is 4.81. The van der Waals surface area contributed by atoms with Crippen LogP contribution < -0.4 is 0 Å². The van der Waals surface area contributed by atoms with Gasteiger partial charge in [0.25, 0.3) is 5.91 Å². The molecular weight excluding hydrogens is 362 g/mol. The first-order valence-electron chi connectivity index (χ1n) is 9.22. The van der Waals surface area contributed by atoms with Crippen LogP contribution in [0.15, 0.2) is 49.2 Å². The number of halogens is 2. The molecule has 144 valence electrons. The van der Waals surface area contributed by atoms with Crippen molar-refractivity contribution in [2.24, 2.45) is 5.92 Å². The molecule has 0 N–H and O–H groups in total. The second-order valence-electron chi connectivity index (χ2n) is 7.03. The summed E-state index contributed by atoms with van der Waals surface area (Å²) < 4.78 is 29.7. The standard InChI is InChI=1S/C21H20F2N4O/c1-2-10-26(21(28)16-11-15(22)7-8-17(16)23)13-19-25-18-4-3-9-24-20(18)27(19)12-14-5-6-14/h2-4,7-9,11,14H,1,5-6,10,12-13H2. The van der Waals surface area contributed by atoms with Crippen LogP contribution in [0.25, 0.3) is 11.2 Å². The summed E-state index contributed by atoms with van der Waals surface area (Å²) in [5.74, 6) is -0.757. The fraction of sp³-hybridized carbons (Fsp3) is 0.286. The molecule has 0 atom stereocenters. The van der Waals surface area contributed by atoms with Crippen molar-refractivity contribution in [3.63, 3.8) is 0 Å². The van der Waals surface area contributed by atoms with Crippen molar-refractivity contribution in [1.82, 2.24) is 19.4 Å². The van der Waals surface area contributed by atoms with Crippen LogP contribution in [0.2, 0.25) is 0 Å². The first-order chi connectivity index (χ1) is 13.6. The van der Waals surface area contributed by atoms with E-state index in [0.29, 0.717) is 11.7 Å². The van der Waals surface area contributed by atoms with E-state index in [4.69, 9.17) is 0 Å². The molecule has 0 saturated heterocycles. The molecule has 2 heterocycles. The van der Waals surface area contributed by atoms with Gasteiger partial charge in [0.05, 0.1) is 12.1 Å². The predicted octanol–water partition coefficient (Wildman–Crippen LogP) is 3.95. The molecular formula is C21H20F2N4O. The molecule has 4 rings (SSSR count). The van der Waals surface area contributed by atoms with Crippen LogP contribution in [0.4, 0.5) is 8.78 Å². The number of fused-ring (bicyclic) bond motifs is 1. The number of aromatic nitrogens is 3. The van der Waals surface area contributed by atoms with Gasteiger partial charge in [0.1, 0.15) is 23.0 Å². The van der Waals surface area contributed by atoms with Gasteiger partial charge in [-0.25, -0.2) is 18.7 Å². The molecule has 7 heteroatoms. The largest absolute Gasteiger partial charge is 0.327 e. The molecule has 5 nitrogen and oxygen atoms in total. The molecule has 28 heavy (non-hydrogen) atoms. The Morgan fingerprint density at radius 3 is 2.89 bits per heavy atom. The van der Waals surface area contributed by atoms with Crippen LogP contribution in [0.5, 0.6) is 0 Å². The molecule has 1 aromatic carbocycles. The number of benzene rings is 1. The number of nitrogens with zero attached hydrogens (tertiary/aromatic N) is 4. The van der Waals surface area contributed by atoms with Crippen LogP contribution in [0.3, 0.4) is 0 Å². The minimum absolute atomic E-state index is 0.157. The highest BCUT2D eigenvalue weighted by Gasteiger charge is 2.26. The number of carbonyl (C=O) groups is 1. The molecule has 1 aliphatic rings. The second kappa shape index (κ2) is 7.50. The summed E-state index contributed by atoms with van der Waals surface area (Å²) in [4.78, 5) is 23.4. The zero-order chi connectivity index (χ0) is 19.7. The van der Waals surface area contributed by atoms with Gasteiger partial charge < -0.3 is 9.47 Å². The van der Waals surface area contributed by atoms with E-state index in [9.17, 15) is 13.6 Å². The number of rotatable bonds is 7. The number of imidazole rings is 1. The fourth-order valence-corrected chi connectivity index (χ4v) is 3.25. The molecule has 1 fully saturated rings. The lowest BCUT2D eigenvalue weighted by atomic mass is 10.1. The summed E-state index contributed by atoms with van der Waals surface area (Å²) in [5, 5.41) is 0. The molecule has 0 bridgehead atoms. The minimum Gasteiger partial charge on any atom is -0.327 e. The van der Waals surface area contributed by atoms with Gasteiger partial charge in [-0.1, -0.05) is 6.08 Å². The predicted molar refractivity (Wildman–Crippen MR) is 102 cm³/mol. The summed E-state index contributed by atoms with van der Waals surface area (Å²) >= 11 is 0. The number of carbonyl (C=O) groups excluding carboxylic acids is 1. The third-order valence-corrected chi connectivity index (χ3v) is 4.85. The zero-order valence-corrected chi connectivity index (χ0v) is 15.3. The van der Waals surface area contributed by atoms with E-state index in [2.05, 4.69) is 16.5 Å². The van der Waals surface area contributed by atoms with Crippen molar-refractivity contribution in [1.29, 1.82) is 0 Å². The van der Waals surface area contributed by atoms with E-state index in [1.54, 1.807) is 12.3 Å². The lowest BCUT2D eigenvalue weighted by Gasteiger charge is -2.22. The smallest absolute Gasteiger partial charge is 0.257 e. The van der Waals surface area contributed by atoms with Crippen molar-refractivity contribution in [3.8, 4) is 0 Å². The van der Waals surface area contributed by atoms with Gasteiger partial charge in [0.15, 0.2) is 5.65 Å². The maximum Gasteiger partial charge on any atom is 0.257 e. The lowest BCUT2D eigenvalue weighted by molar-refractivity contribution is 0.0752. The van der Waals surface area contributed by atoms with Crippen LogP contribution in [-0.4, -0.2) is 31.9 Å². The summed E-state index contributed by atoms with van der Waals surface area (Å²) in [6.07, 6.45) is 5.60. The Labute approximate surface area is 161 Å². The Morgan fingerprint density at radius 1 is 1.32 bits per heavy atom. The monoisotopic (exact) mass is 382 g/mol. The van der Waals surface area contributed by atoms with E-state index in [1.807, 2.05) is 16.7 Å². The van der Waals surface area contributed by atoms with Gasteiger partial charge >= 0.3 is 0 Å². The summed E-state index contributed by atoms with van der Waals surface area (Å²) in [5.41, 5.74) is 1.22. The highest BCUT2D eigenvalue weighted by atomic mass is 19.1. The van der Waals surface area contributed by atoms with Crippen molar-refractivity contribution in [2.45, 2.75) is 25.9 Å². The average Bonchev–Trinajstić information content (AvgIpc) is 3.45. The molecule has 0 unspecified atom stereocenters. The zero-order valence-electron chi connectivity index (χ0n) is 15.3. The Balaban J connectivity index is 1.69. The maximum atomic E-state index is 14.1. The molecule has 0 aliphatic heterocycles. The number of hydrogen-bond acceptors (Lipinski definition) is 3. The van der Waals surface area contributed by atoms with Gasteiger partial charge in [-0.05, 0) is 49.1 Å². The van der Waals surface area contributed by atoms with Gasteiger partial charge in [0.2, 0.25) is 0 Å². The second-order valence-corrected chi connectivity index (χ2v) is 7.03. The molecule has 1 aliphatic carbocycles. The normalized spacial score (nSPS) is 13.6. The van der Waals surface area contributed by atoms with Crippen molar-refractivity contribution >= 4 is 17.1 Å². The Morgan fingerprint density at radius 2 is 2.14 bits per heavy atom. The SMILES string of the molecule is C=CCN(Cc1nc2cccnc2n1CC1CC1)C(=O)c1cc(F)ccc1F. The Bertz CT molecular complexity index is 1040. The number of amides is 1. The average molecular weight is 382 g/mol. The third kappa shape index (κ3) is 3.65. The molecule has 3 aromatic rings. The van der Waals surface area contributed by atoms with Crippen LogP contribution in [0.1, 0.15) is 29.0 Å². The van der Waals surface area contributed by atoms with Gasteiger partial charge in [0, 0.05) is 19.3 Å². The van der Waals surface area contributed by atoms with Crippen molar-refractivity contribution in [2.75, 3.05) is 6.54 Å². The van der Waals surface area contributed by atoms with Crippen molar-refractivity contribution < 1.29 is 13.6 Å². The van der Waals surface area contributed by atoms with E-state index in [0.717, 1.165) is 48.7 Å². The quantitative estimate of drug-likeness (QED) is 0.582. The molecule has 1 amide bonds. The van der Waals surface area contributed by atoms with Gasteiger partial charge in [-0.15, -0.1) is 6.58 Å². The topological polar surface area (TPSA) is 51.0 Å². The Kier molecular flexibility index (Phi) is 4.90. The van der Waals surface area contributed by atoms with Crippen LogP contribution >= 0.6 is 0 Å². The van der Waals surface area contributed by atoms with E-state index in [-0.39, 0.29) is 18.7 Å². The first-order valence-corrected chi connectivity index (χ1v) is 9.22. The van der Waals surface area contributed by atoms with Gasteiger partial charge in [-0.2, -0.15) is 0 Å². The molecule has 0 radical (unpaired) electrons. The van der Waals surface area contributed by atoms with E-state index in [1.165, 1.54) is 4.90 Å². The van der Waals surface area contributed by atoms with Crippen LogP contribution in [-0.2, 0) is 13.1 Å². The fourth-order valence-electron chi connectivity index (χ4n) is 3.25. The van der Waals surface area contributed by atoms with Crippen LogP contribution in [0, 0.1) is 17.6 Å². The summed E-state index contributed by atoms with van der Waals surface area (Å²) in [7, 11) is 0. The molecule has 1 saturated carbocycles. The van der Waals surface area contributed by atoms with Gasteiger partial charge in [-0.3, -0.25) is 4.79 Å². The summed E-state index contributed by atoms with van der Waals surface area (Å²) in [6, 6.07) is 6.56. The minimum atomic E-state index is -0.756.